The monoisotopic (exact) mass is 249 g/mol. The number of carboxylic acids is 1. The lowest BCUT2D eigenvalue weighted by Crippen LogP contribution is -2.39. The quantitative estimate of drug-likeness (QED) is 0.800. The van der Waals surface area contributed by atoms with Crippen LogP contribution < -0.4 is 0 Å². The molecule has 0 radical (unpaired) electrons. The maximum atomic E-state index is 11.0. The number of rotatable bonds is 2. The Balaban J connectivity index is 0.00000128. The van der Waals surface area contributed by atoms with Crippen LogP contribution in [0.4, 0.5) is 0 Å². The third kappa shape index (κ3) is 2.87. The third-order valence-corrected chi connectivity index (χ3v) is 3.68. The minimum Gasteiger partial charge on any atom is -0.481 e. The van der Waals surface area contributed by atoms with Crippen LogP contribution in [0, 0.1) is 11.8 Å². The Morgan fingerprint density at radius 2 is 1.94 bits per heavy atom. The summed E-state index contributed by atoms with van der Waals surface area (Å²) in [6.07, 6.45) is 2.80. The van der Waals surface area contributed by atoms with Crippen molar-refractivity contribution in [2.45, 2.75) is 25.4 Å². The lowest BCUT2D eigenvalue weighted by Gasteiger charge is -2.33. The SMILES string of the molecule is CN1CCC(C2OCCC2C(=O)O)CC1.Cl. The van der Waals surface area contributed by atoms with E-state index in [1.807, 2.05) is 0 Å². The summed E-state index contributed by atoms with van der Waals surface area (Å²) in [6, 6.07) is 0. The number of ether oxygens (including phenoxy) is 1. The molecule has 1 N–H and O–H groups in total. The molecular formula is C11H20ClNO3. The first kappa shape index (κ1) is 13.7. The van der Waals surface area contributed by atoms with Crippen molar-refractivity contribution in [3.63, 3.8) is 0 Å². The second-order valence-corrected chi connectivity index (χ2v) is 4.71. The predicted octanol–water partition coefficient (Wildman–Crippen LogP) is 1.24. The Morgan fingerprint density at radius 3 is 2.50 bits per heavy atom. The normalized spacial score (nSPS) is 32.3. The first-order valence-corrected chi connectivity index (χ1v) is 5.71. The molecule has 5 heteroatoms. The molecule has 16 heavy (non-hydrogen) atoms. The fraction of sp³-hybridized carbons (Fsp3) is 0.909. The van der Waals surface area contributed by atoms with E-state index in [2.05, 4.69) is 11.9 Å². The van der Waals surface area contributed by atoms with Gasteiger partial charge in [-0.05, 0) is 45.3 Å². The number of carbonyl (C=O) groups is 1. The fourth-order valence-electron chi connectivity index (χ4n) is 2.70. The number of hydrogen-bond donors (Lipinski definition) is 1. The standard InChI is InChI=1S/C11H19NO3.ClH/c1-12-5-2-8(3-6-12)10-9(11(13)14)4-7-15-10;/h8-10H,2-7H2,1H3,(H,13,14);1H. The molecule has 2 unspecified atom stereocenters. The van der Waals surface area contributed by atoms with Crippen molar-refractivity contribution in [3.05, 3.63) is 0 Å². The van der Waals surface area contributed by atoms with E-state index < -0.39 is 5.97 Å². The van der Waals surface area contributed by atoms with Crippen LogP contribution in [0.1, 0.15) is 19.3 Å². The maximum absolute atomic E-state index is 11.0. The average molecular weight is 250 g/mol. The number of aliphatic carboxylic acids is 1. The van der Waals surface area contributed by atoms with Crippen LogP contribution in [0.3, 0.4) is 0 Å². The Bertz CT molecular complexity index is 241. The first-order chi connectivity index (χ1) is 7.18. The van der Waals surface area contributed by atoms with E-state index in [0.717, 1.165) is 25.9 Å². The smallest absolute Gasteiger partial charge is 0.309 e. The first-order valence-electron chi connectivity index (χ1n) is 5.71. The Morgan fingerprint density at radius 1 is 1.31 bits per heavy atom. The molecule has 0 aliphatic carbocycles. The van der Waals surface area contributed by atoms with E-state index in [1.165, 1.54) is 0 Å². The number of carboxylic acid groups (broad SMARTS) is 1. The van der Waals surface area contributed by atoms with Gasteiger partial charge in [0, 0.05) is 6.61 Å². The van der Waals surface area contributed by atoms with E-state index in [4.69, 9.17) is 9.84 Å². The van der Waals surface area contributed by atoms with Crippen molar-refractivity contribution in [2.24, 2.45) is 11.8 Å². The summed E-state index contributed by atoms with van der Waals surface area (Å²) in [6.45, 7) is 2.75. The van der Waals surface area contributed by atoms with E-state index in [0.29, 0.717) is 18.9 Å². The highest BCUT2D eigenvalue weighted by molar-refractivity contribution is 5.85. The minimum absolute atomic E-state index is 0. The van der Waals surface area contributed by atoms with Crippen molar-refractivity contribution < 1.29 is 14.6 Å². The summed E-state index contributed by atoms with van der Waals surface area (Å²) in [4.78, 5) is 13.3. The van der Waals surface area contributed by atoms with Gasteiger partial charge in [0.05, 0.1) is 12.0 Å². The van der Waals surface area contributed by atoms with E-state index in [9.17, 15) is 4.79 Å². The van der Waals surface area contributed by atoms with Gasteiger partial charge in [-0.1, -0.05) is 0 Å². The van der Waals surface area contributed by atoms with Crippen molar-refractivity contribution in [2.75, 3.05) is 26.7 Å². The Kier molecular flexibility index (Phi) is 5.02. The molecule has 0 bridgehead atoms. The van der Waals surface area contributed by atoms with Crippen LogP contribution in [0.25, 0.3) is 0 Å². The van der Waals surface area contributed by atoms with Crippen LogP contribution in [0.2, 0.25) is 0 Å². The number of halogens is 1. The molecule has 0 aromatic carbocycles. The fourth-order valence-corrected chi connectivity index (χ4v) is 2.70. The highest BCUT2D eigenvalue weighted by Gasteiger charge is 2.39. The molecule has 0 spiro atoms. The van der Waals surface area contributed by atoms with Gasteiger partial charge in [0.1, 0.15) is 0 Å². The van der Waals surface area contributed by atoms with Crippen molar-refractivity contribution in [3.8, 4) is 0 Å². The van der Waals surface area contributed by atoms with Crippen LogP contribution in [-0.2, 0) is 9.53 Å². The molecule has 4 nitrogen and oxygen atoms in total. The largest absolute Gasteiger partial charge is 0.481 e. The zero-order valence-electron chi connectivity index (χ0n) is 9.59. The highest BCUT2D eigenvalue weighted by Crippen LogP contribution is 2.32. The minimum atomic E-state index is -0.684. The molecule has 0 amide bonds. The number of nitrogens with zero attached hydrogens (tertiary/aromatic N) is 1. The van der Waals surface area contributed by atoms with Gasteiger partial charge < -0.3 is 14.7 Å². The van der Waals surface area contributed by atoms with Crippen LogP contribution >= 0.6 is 12.4 Å². The number of piperidine rings is 1. The lowest BCUT2D eigenvalue weighted by atomic mass is 9.84. The molecule has 2 aliphatic rings. The third-order valence-electron chi connectivity index (χ3n) is 3.68. The summed E-state index contributed by atoms with van der Waals surface area (Å²) in [5.74, 6) is -0.500. The molecule has 2 fully saturated rings. The zero-order valence-corrected chi connectivity index (χ0v) is 10.4. The molecule has 94 valence electrons. The van der Waals surface area contributed by atoms with Gasteiger partial charge >= 0.3 is 5.97 Å². The second kappa shape index (κ2) is 5.84. The van der Waals surface area contributed by atoms with Gasteiger partial charge in [-0.15, -0.1) is 12.4 Å². The molecule has 2 aliphatic heterocycles. The van der Waals surface area contributed by atoms with Crippen molar-refractivity contribution in [1.82, 2.24) is 4.90 Å². The maximum Gasteiger partial charge on any atom is 0.309 e. The molecule has 0 aromatic rings. The Hall–Kier alpha value is -0.320. The summed E-state index contributed by atoms with van der Waals surface area (Å²) < 4.78 is 5.60. The van der Waals surface area contributed by atoms with Gasteiger partial charge in [0.15, 0.2) is 0 Å². The molecule has 2 rings (SSSR count). The number of likely N-dealkylation sites (tertiary alicyclic amines) is 1. The molecule has 2 saturated heterocycles. The lowest BCUT2D eigenvalue weighted by molar-refractivity contribution is -0.145. The second-order valence-electron chi connectivity index (χ2n) is 4.71. The summed E-state index contributed by atoms with van der Waals surface area (Å²) in [7, 11) is 2.11. The summed E-state index contributed by atoms with van der Waals surface area (Å²) in [5.41, 5.74) is 0. The van der Waals surface area contributed by atoms with Crippen molar-refractivity contribution >= 4 is 18.4 Å². The van der Waals surface area contributed by atoms with Gasteiger partial charge in [-0.3, -0.25) is 4.79 Å². The van der Waals surface area contributed by atoms with E-state index in [-0.39, 0.29) is 24.4 Å². The van der Waals surface area contributed by atoms with Gasteiger partial charge in [-0.25, -0.2) is 0 Å². The van der Waals surface area contributed by atoms with E-state index >= 15 is 0 Å². The molecule has 2 heterocycles. The number of hydrogen-bond acceptors (Lipinski definition) is 3. The predicted molar refractivity (Wildman–Crippen MR) is 63.0 cm³/mol. The highest BCUT2D eigenvalue weighted by atomic mass is 35.5. The van der Waals surface area contributed by atoms with Gasteiger partial charge in [-0.2, -0.15) is 0 Å². The van der Waals surface area contributed by atoms with Gasteiger partial charge in [0.2, 0.25) is 0 Å². The van der Waals surface area contributed by atoms with Crippen molar-refractivity contribution in [1.29, 1.82) is 0 Å². The molecule has 0 aromatic heterocycles. The summed E-state index contributed by atoms with van der Waals surface area (Å²) in [5, 5.41) is 9.08. The van der Waals surface area contributed by atoms with Crippen LogP contribution in [0.15, 0.2) is 0 Å². The van der Waals surface area contributed by atoms with Crippen LogP contribution in [0.5, 0.6) is 0 Å². The zero-order chi connectivity index (χ0) is 10.8. The van der Waals surface area contributed by atoms with Crippen LogP contribution in [-0.4, -0.2) is 48.8 Å². The average Bonchev–Trinajstić information content (AvgIpc) is 2.67. The van der Waals surface area contributed by atoms with E-state index in [1.54, 1.807) is 0 Å². The summed E-state index contributed by atoms with van der Waals surface area (Å²) >= 11 is 0. The van der Waals surface area contributed by atoms with Gasteiger partial charge in [0.25, 0.3) is 0 Å². The molecule has 2 atom stereocenters. The molecule has 0 saturated carbocycles. The Labute approximate surface area is 102 Å². The molecular weight excluding hydrogens is 230 g/mol. The topological polar surface area (TPSA) is 49.8 Å².